The van der Waals surface area contributed by atoms with E-state index in [4.69, 9.17) is 4.74 Å². The molecule has 1 aromatic carbocycles. The minimum Gasteiger partial charge on any atom is -0.452 e. The van der Waals surface area contributed by atoms with Crippen LogP contribution in [0.2, 0.25) is 0 Å². The van der Waals surface area contributed by atoms with Crippen molar-refractivity contribution in [3.05, 3.63) is 29.8 Å². The van der Waals surface area contributed by atoms with E-state index in [1.165, 1.54) is 50.6 Å². The molecule has 8 heteroatoms. The second-order valence-electron chi connectivity index (χ2n) is 6.42. The van der Waals surface area contributed by atoms with Crippen LogP contribution in [0.5, 0.6) is 0 Å². The van der Waals surface area contributed by atoms with E-state index < -0.39 is 16.0 Å². The number of amides is 1. The molecular formula is C18H26N2O5S. The Bertz CT molecular complexity index is 725. The van der Waals surface area contributed by atoms with Gasteiger partial charge in [-0.05, 0) is 38.1 Å². The lowest BCUT2D eigenvalue weighted by Crippen LogP contribution is -2.38. The Morgan fingerprint density at radius 3 is 2.42 bits per heavy atom. The van der Waals surface area contributed by atoms with Crippen molar-refractivity contribution in [1.82, 2.24) is 10.0 Å². The molecule has 1 amide bonds. The molecule has 0 saturated heterocycles. The first-order valence-electron chi connectivity index (χ1n) is 8.92. The fourth-order valence-electron chi connectivity index (χ4n) is 2.99. The SMILES string of the molecule is CNS(=O)(=O)c1cccc(C(=O)OCC(=O)NC2CCCCCCC2)c1. The molecule has 1 aliphatic carbocycles. The van der Waals surface area contributed by atoms with Crippen molar-refractivity contribution >= 4 is 21.9 Å². The van der Waals surface area contributed by atoms with Gasteiger partial charge in [0, 0.05) is 6.04 Å². The number of rotatable bonds is 6. The molecule has 0 aromatic heterocycles. The number of sulfonamides is 1. The highest BCUT2D eigenvalue weighted by Gasteiger charge is 2.18. The molecule has 0 aliphatic heterocycles. The van der Waals surface area contributed by atoms with Gasteiger partial charge in [0.2, 0.25) is 10.0 Å². The highest BCUT2D eigenvalue weighted by atomic mass is 32.2. The molecule has 0 spiro atoms. The highest BCUT2D eigenvalue weighted by molar-refractivity contribution is 7.89. The average molecular weight is 382 g/mol. The second kappa shape index (κ2) is 9.68. The predicted molar refractivity (Wildman–Crippen MR) is 97.2 cm³/mol. The molecule has 0 bridgehead atoms. The van der Waals surface area contributed by atoms with E-state index in [0.717, 1.165) is 25.7 Å². The Kier molecular flexibility index (Phi) is 7.59. The summed E-state index contributed by atoms with van der Waals surface area (Å²) in [5.41, 5.74) is 0.0834. The maximum atomic E-state index is 12.1. The number of benzene rings is 1. The largest absolute Gasteiger partial charge is 0.452 e. The summed E-state index contributed by atoms with van der Waals surface area (Å²) in [5, 5.41) is 2.92. The Labute approximate surface area is 154 Å². The fraction of sp³-hybridized carbons (Fsp3) is 0.556. The molecule has 7 nitrogen and oxygen atoms in total. The first-order chi connectivity index (χ1) is 12.4. The summed E-state index contributed by atoms with van der Waals surface area (Å²) in [6.45, 7) is -0.377. The van der Waals surface area contributed by atoms with Gasteiger partial charge in [0.25, 0.3) is 5.91 Å². The van der Waals surface area contributed by atoms with Crippen LogP contribution >= 0.6 is 0 Å². The van der Waals surface area contributed by atoms with Crippen molar-refractivity contribution in [3.8, 4) is 0 Å². The average Bonchev–Trinajstić information content (AvgIpc) is 2.62. The smallest absolute Gasteiger partial charge is 0.338 e. The van der Waals surface area contributed by atoms with E-state index >= 15 is 0 Å². The summed E-state index contributed by atoms with van der Waals surface area (Å²) >= 11 is 0. The van der Waals surface area contributed by atoms with Gasteiger partial charge in [-0.1, -0.05) is 38.2 Å². The van der Waals surface area contributed by atoms with Gasteiger partial charge in [0.05, 0.1) is 10.5 Å². The molecule has 0 atom stereocenters. The standard InChI is InChI=1S/C18H26N2O5S/c1-19-26(23,24)16-11-7-8-14(12-16)18(22)25-13-17(21)20-15-9-5-3-2-4-6-10-15/h7-8,11-12,15,19H,2-6,9-10,13H2,1H3,(H,20,21). The van der Waals surface area contributed by atoms with Gasteiger partial charge in [-0.3, -0.25) is 4.79 Å². The molecule has 2 rings (SSSR count). The molecule has 1 fully saturated rings. The molecule has 0 unspecified atom stereocenters. The lowest BCUT2D eigenvalue weighted by atomic mass is 9.97. The van der Waals surface area contributed by atoms with Crippen molar-refractivity contribution in [2.24, 2.45) is 0 Å². The number of carbonyl (C=O) groups is 2. The third-order valence-electron chi connectivity index (χ3n) is 4.45. The molecule has 0 radical (unpaired) electrons. The maximum Gasteiger partial charge on any atom is 0.338 e. The van der Waals surface area contributed by atoms with Crippen LogP contribution in [0.15, 0.2) is 29.2 Å². The van der Waals surface area contributed by atoms with Gasteiger partial charge in [0.1, 0.15) is 0 Å². The second-order valence-corrected chi connectivity index (χ2v) is 8.31. The van der Waals surface area contributed by atoms with Crippen molar-refractivity contribution in [1.29, 1.82) is 0 Å². The van der Waals surface area contributed by atoms with Crippen LogP contribution in [-0.4, -0.2) is 40.0 Å². The zero-order chi connectivity index (χ0) is 19.0. The molecular weight excluding hydrogens is 356 g/mol. The van der Waals surface area contributed by atoms with Crippen LogP contribution in [0.3, 0.4) is 0 Å². The minimum atomic E-state index is -3.65. The summed E-state index contributed by atoms with van der Waals surface area (Å²) < 4.78 is 30.8. The van der Waals surface area contributed by atoms with Crippen LogP contribution in [0.25, 0.3) is 0 Å². The van der Waals surface area contributed by atoms with Crippen molar-refractivity contribution in [2.75, 3.05) is 13.7 Å². The van der Waals surface area contributed by atoms with E-state index in [9.17, 15) is 18.0 Å². The molecule has 1 aromatic rings. The van der Waals surface area contributed by atoms with E-state index in [0.29, 0.717) is 0 Å². The number of carbonyl (C=O) groups excluding carboxylic acids is 2. The Morgan fingerprint density at radius 1 is 1.12 bits per heavy atom. The topological polar surface area (TPSA) is 102 Å². The van der Waals surface area contributed by atoms with E-state index in [1.807, 2.05) is 0 Å². The zero-order valence-electron chi connectivity index (χ0n) is 15.0. The third-order valence-corrected chi connectivity index (χ3v) is 5.87. The lowest BCUT2D eigenvalue weighted by Gasteiger charge is -2.20. The Balaban J connectivity index is 1.87. The van der Waals surface area contributed by atoms with E-state index in [1.54, 1.807) is 0 Å². The molecule has 26 heavy (non-hydrogen) atoms. The Hall–Kier alpha value is -1.93. The Morgan fingerprint density at radius 2 is 1.77 bits per heavy atom. The molecule has 2 N–H and O–H groups in total. The van der Waals surface area contributed by atoms with Crippen LogP contribution in [0, 0.1) is 0 Å². The normalized spacial score (nSPS) is 16.3. The van der Waals surface area contributed by atoms with E-state index in [-0.39, 0.29) is 29.0 Å². The summed E-state index contributed by atoms with van der Waals surface area (Å²) in [4.78, 5) is 24.1. The van der Waals surface area contributed by atoms with Gasteiger partial charge < -0.3 is 10.1 Å². The summed E-state index contributed by atoms with van der Waals surface area (Å²) in [6, 6.07) is 5.63. The highest BCUT2D eigenvalue weighted by Crippen LogP contribution is 2.17. The predicted octanol–water partition coefficient (Wildman–Crippen LogP) is 1.98. The van der Waals surface area contributed by atoms with Gasteiger partial charge in [0.15, 0.2) is 6.61 Å². The van der Waals surface area contributed by atoms with E-state index in [2.05, 4.69) is 10.0 Å². The lowest BCUT2D eigenvalue weighted by molar-refractivity contribution is -0.125. The van der Waals surface area contributed by atoms with Crippen LogP contribution < -0.4 is 10.0 Å². The quantitative estimate of drug-likeness (QED) is 0.733. The molecule has 1 aliphatic rings. The zero-order valence-corrected chi connectivity index (χ0v) is 15.8. The maximum absolute atomic E-state index is 12.1. The molecule has 1 saturated carbocycles. The van der Waals surface area contributed by atoms with Crippen LogP contribution in [0.1, 0.15) is 55.3 Å². The first kappa shape index (κ1) is 20.4. The van der Waals surface area contributed by atoms with Gasteiger partial charge >= 0.3 is 5.97 Å². The van der Waals surface area contributed by atoms with Crippen molar-refractivity contribution in [2.45, 2.75) is 55.9 Å². The number of esters is 1. The van der Waals surface area contributed by atoms with Crippen LogP contribution in [0.4, 0.5) is 0 Å². The van der Waals surface area contributed by atoms with Gasteiger partial charge in [-0.2, -0.15) is 0 Å². The minimum absolute atomic E-state index is 0.0339. The molecule has 144 valence electrons. The third kappa shape index (κ3) is 6.10. The van der Waals surface area contributed by atoms with Gasteiger partial charge in [-0.15, -0.1) is 0 Å². The molecule has 0 heterocycles. The summed E-state index contributed by atoms with van der Waals surface area (Å²) in [7, 11) is -2.36. The van der Waals surface area contributed by atoms with Gasteiger partial charge in [-0.25, -0.2) is 17.9 Å². The number of nitrogens with one attached hydrogen (secondary N) is 2. The summed E-state index contributed by atoms with van der Waals surface area (Å²) in [6.07, 6.45) is 7.71. The van der Waals surface area contributed by atoms with Crippen LogP contribution in [-0.2, 0) is 19.6 Å². The number of ether oxygens (including phenoxy) is 1. The number of hydrogen-bond donors (Lipinski definition) is 2. The first-order valence-corrected chi connectivity index (χ1v) is 10.4. The number of hydrogen-bond acceptors (Lipinski definition) is 5. The van der Waals surface area contributed by atoms with Crippen molar-refractivity contribution in [3.63, 3.8) is 0 Å². The fourth-order valence-corrected chi connectivity index (χ4v) is 3.77. The monoisotopic (exact) mass is 382 g/mol. The summed E-state index contributed by atoms with van der Waals surface area (Å²) in [5.74, 6) is -1.06. The van der Waals surface area contributed by atoms with Crippen molar-refractivity contribution < 1.29 is 22.7 Å².